The van der Waals surface area contributed by atoms with E-state index in [2.05, 4.69) is 25.3 Å². The number of hydrogen-bond donors (Lipinski definition) is 3. The van der Waals surface area contributed by atoms with Gasteiger partial charge in [-0.1, -0.05) is 30.7 Å². The molecule has 40 heavy (non-hydrogen) atoms. The zero-order valence-electron chi connectivity index (χ0n) is 22.8. The summed E-state index contributed by atoms with van der Waals surface area (Å²) in [7, 11) is -3.54. The van der Waals surface area contributed by atoms with Gasteiger partial charge in [-0.15, -0.1) is 0 Å². The van der Waals surface area contributed by atoms with Crippen molar-refractivity contribution in [2.75, 3.05) is 23.1 Å². The Morgan fingerprint density at radius 2 is 1.85 bits per heavy atom. The van der Waals surface area contributed by atoms with E-state index >= 15 is 0 Å². The van der Waals surface area contributed by atoms with Crippen molar-refractivity contribution in [1.82, 2.24) is 20.3 Å². The average Bonchev–Trinajstić information content (AvgIpc) is 2.94. The van der Waals surface area contributed by atoms with E-state index in [4.69, 9.17) is 9.72 Å². The van der Waals surface area contributed by atoms with Crippen molar-refractivity contribution in [2.24, 2.45) is 0 Å². The number of hydrogen-bond acceptors (Lipinski definition) is 8. The largest absolute Gasteiger partial charge is 0.437 e. The van der Waals surface area contributed by atoms with Crippen LogP contribution in [0.25, 0.3) is 22.0 Å². The number of benzene rings is 2. The summed E-state index contributed by atoms with van der Waals surface area (Å²) in [6, 6.07) is 15.4. The highest BCUT2D eigenvalue weighted by molar-refractivity contribution is 7.94. The standard InChI is InChI=1S/C30H34N6O3S/c1-20-18-26(36-40(37,38)30(2)13-7-14-30)22-9-3-4-10-23(22)27(20)39-28-24(11-6-16-32-28)25-12-17-33-29(35-25)34-21-8-5-15-31-19-21/h3-4,6,9-12,16-18,21,31,36H,5,7-8,13-15,19H2,1-2H3,(H,33,34,35)/t21-/m0/s1. The van der Waals surface area contributed by atoms with E-state index in [1.165, 1.54) is 0 Å². The van der Waals surface area contributed by atoms with E-state index in [-0.39, 0.29) is 6.04 Å². The summed E-state index contributed by atoms with van der Waals surface area (Å²) in [6.45, 7) is 5.65. The van der Waals surface area contributed by atoms with Crippen LogP contribution in [0.2, 0.25) is 0 Å². The lowest BCUT2D eigenvalue weighted by Crippen LogP contribution is -2.45. The van der Waals surface area contributed by atoms with Crippen LogP contribution in [0.15, 0.2) is 60.9 Å². The Bertz CT molecular complexity index is 1650. The summed E-state index contributed by atoms with van der Waals surface area (Å²) in [5, 5.41) is 8.40. The number of sulfonamides is 1. The van der Waals surface area contributed by atoms with Gasteiger partial charge in [0.25, 0.3) is 0 Å². The molecular weight excluding hydrogens is 524 g/mol. The van der Waals surface area contributed by atoms with Gasteiger partial charge >= 0.3 is 0 Å². The van der Waals surface area contributed by atoms with E-state index in [1.807, 2.05) is 62.4 Å². The third-order valence-corrected chi connectivity index (χ3v) is 10.2. The number of pyridine rings is 1. The molecule has 1 saturated carbocycles. The number of ether oxygens (including phenoxy) is 1. The van der Waals surface area contributed by atoms with Gasteiger partial charge in [-0.2, -0.15) is 0 Å². The second-order valence-corrected chi connectivity index (χ2v) is 13.1. The minimum atomic E-state index is -3.54. The first-order valence-corrected chi connectivity index (χ1v) is 15.3. The van der Waals surface area contributed by atoms with Crippen molar-refractivity contribution in [3.05, 3.63) is 66.5 Å². The molecule has 3 N–H and O–H groups in total. The Labute approximate surface area is 234 Å². The topological polar surface area (TPSA) is 118 Å². The number of nitrogens with one attached hydrogen (secondary N) is 3. The van der Waals surface area contributed by atoms with Gasteiger partial charge in [0.1, 0.15) is 5.75 Å². The highest BCUT2D eigenvalue weighted by atomic mass is 32.2. The Morgan fingerprint density at radius 1 is 1.02 bits per heavy atom. The second kappa shape index (κ2) is 10.7. The van der Waals surface area contributed by atoms with E-state index in [0.29, 0.717) is 41.8 Å². The summed E-state index contributed by atoms with van der Waals surface area (Å²) in [4.78, 5) is 13.7. The molecule has 0 amide bonds. The van der Waals surface area contributed by atoms with Gasteiger partial charge < -0.3 is 15.4 Å². The maximum Gasteiger partial charge on any atom is 0.238 e. The highest BCUT2D eigenvalue weighted by Crippen LogP contribution is 2.43. The van der Waals surface area contributed by atoms with Crippen LogP contribution in [0.1, 0.15) is 44.6 Å². The fourth-order valence-corrected chi connectivity index (χ4v) is 6.95. The molecule has 1 saturated heterocycles. The lowest BCUT2D eigenvalue weighted by Gasteiger charge is -2.37. The van der Waals surface area contributed by atoms with Gasteiger partial charge in [-0.3, -0.25) is 4.72 Å². The maximum absolute atomic E-state index is 13.2. The van der Waals surface area contributed by atoms with Crippen LogP contribution in [0, 0.1) is 6.92 Å². The Morgan fingerprint density at radius 3 is 2.60 bits per heavy atom. The van der Waals surface area contributed by atoms with E-state index in [1.54, 1.807) is 12.4 Å². The summed E-state index contributed by atoms with van der Waals surface area (Å²) < 4.78 is 35.1. The number of piperidine rings is 1. The molecule has 0 spiro atoms. The molecule has 2 aliphatic rings. The molecule has 1 atom stereocenters. The van der Waals surface area contributed by atoms with Gasteiger partial charge in [0.15, 0.2) is 0 Å². The molecule has 9 nitrogen and oxygen atoms in total. The number of fused-ring (bicyclic) bond motifs is 1. The quantitative estimate of drug-likeness (QED) is 0.254. The van der Waals surface area contributed by atoms with Crippen LogP contribution in [-0.2, 0) is 10.0 Å². The molecule has 0 radical (unpaired) electrons. The molecule has 3 heterocycles. The number of nitrogens with zero attached hydrogens (tertiary/aromatic N) is 3. The first-order valence-electron chi connectivity index (χ1n) is 13.8. The van der Waals surface area contributed by atoms with Gasteiger partial charge in [0, 0.05) is 35.8 Å². The number of rotatable bonds is 8. The molecule has 0 unspecified atom stereocenters. The molecule has 10 heteroatoms. The monoisotopic (exact) mass is 558 g/mol. The van der Waals surface area contributed by atoms with Gasteiger partial charge in [0.2, 0.25) is 21.9 Å². The van der Waals surface area contributed by atoms with Gasteiger partial charge in [0.05, 0.1) is 21.7 Å². The van der Waals surface area contributed by atoms with Gasteiger partial charge in [-0.05, 0) is 75.9 Å². The van der Waals surface area contributed by atoms with Crippen molar-refractivity contribution < 1.29 is 13.2 Å². The Kier molecular flexibility index (Phi) is 7.06. The fourth-order valence-electron chi connectivity index (χ4n) is 5.42. The number of aromatic nitrogens is 3. The summed E-state index contributed by atoms with van der Waals surface area (Å²) in [5.74, 6) is 1.60. The summed E-state index contributed by atoms with van der Waals surface area (Å²) >= 11 is 0. The summed E-state index contributed by atoms with van der Waals surface area (Å²) in [6.07, 6.45) is 7.87. The normalized spacial score (nSPS) is 18.6. The highest BCUT2D eigenvalue weighted by Gasteiger charge is 2.44. The first kappa shape index (κ1) is 26.5. The number of aryl methyl sites for hydroxylation is 1. The molecule has 2 fully saturated rings. The summed E-state index contributed by atoms with van der Waals surface area (Å²) in [5.41, 5.74) is 2.78. The molecule has 1 aliphatic carbocycles. The van der Waals surface area contributed by atoms with Gasteiger partial charge in [-0.25, -0.2) is 23.4 Å². The van der Waals surface area contributed by atoms with Crippen LogP contribution in [0.5, 0.6) is 11.6 Å². The van der Waals surface area contributed by atoms with E-state index in [0.717, 1.165) is 54.3 Å². The van der Waals surface area contributed by atoms with Crippen molar-refractivity contribution >= 4 is 32.4 Å². The molecule has 208 valence electrons. The van der Waals surface area contributed by atoms with Crippen LogP contribution in [0.3, 0.4) is 0 Å². The molecule has 0 bridgehead atoms. The zero-order chi connectivity index (χ0) is 27.7. The predicted molar refractivity (Wildman–Crippen MR) is 158 cm³/mol. The minimum Gasteiger partial charge on any atom is -0.437 e. The molecule has 1 aliphatic heterocycles. The lowest BCUT2D eigenvalue weighted by atomic mass is 9.86. The van der Waals surface area contributed by atoms with E-state index < -0.39 is 14.8 Å². The second-order valence-electron chi connectivity index (χ2n) is 10.9. The third-order valence-electron chi connectivity index (χ3n) is 8.02. The first-order chi connectivity index (χ1) is 19.3. The molecule has 2 aromatic carbocycles. The van der Waals surface area contributed by atoms with Crippen molar-refractivity contribution in [1.29, 1.82) is 0 Å². The number of anilines is 2. The molecular formula is C30H34N6O3S. The average molecular weight is 559 g/mol. The smallest absolute Gasteiger partial charge is 0.238 e. The molecule has 2 aromatic heterocycles. The lowest BCUT2D eigenvalue weighted by molar-refractivity contribution is 0.364. The Balaban J connectivity index is 1.33. The van der Waals surface area contributed by atoms with Crippen LogP contribution < -0.4 is 20.1 Å². The zero-order valence-corrected chi connectivity index (χ0v) is 23.6. The Hall–Kier alpha value is -3.76. The van der Waals surface area contributed by atoms with E-state index in [9.17, 15) is 8.42 Å². The van der Waals surface area contributed by atoms with Crippen LogP contribution in [0.4, 0.5) is 11.6 Å². The van der Waals surface area contributed by atoms with Crippen LogP contribution >= 0.6 is 0 Å². The van der Waals surface area contributed by atoms with Crippen molar-refractivity contribution in [2.45, 2.75) is 56.7 Å². The molecule has 4 aromatic rings. The minimum absolute atomic E-state index is 0.283. The molecule has 6 rings (SSSR count). The van der Waals surface area contributed by atoms with Crippen molar-refractivity contribution in [3.8, 4) is 22.9 Å². The predicted octanol–water partition coefficient (Wildman–Crippen LogP) is 5.64. The van der Waals surface area contributed by atoms with Crippen molar-refractivity contribution in [3.63, 3.8) is 0 Å². The van der Waals surface area contributed by atoms with Crippen LogP contribution in [-0.4, -0.2) is 47.2 Å². The maximum atomic E-state index is 13.2. The third kappa shape index (κ3) is 5.09. The SMILES string of the molecule is Cc1cc(NS(=O)(=O)C2(C)CCC2)c2ccccc2c1Oc1ncccc1-c1ccnc(N[C@H]2CCCNC2)n1. The fraction of sp³-hybridized carbons (Fsp3) is 0.367.